The highest BCUT2D eigenvalue weighted by molar-refractivity contribution is 7.92. The van der Waals surface area contributed by atoms with Gasteiger partial charge in [0.1, 0.15) is 0 Å². The van der Waals surface area contributed by atoms with Gasteiger partial charge < -0.3 is 0 Å². The Morgan fingerprint density at radius 1 is 0.938 bits per heavy atom. The molecule has 0 atom stereocenters. The SMILES string of the molecule is Cc1ccc(S(=O)(=O)N(CC=Cc2ccccc2)c2ccc(C(F)(F)F)c(C=O)c2)cc1. The number of carbonyl (C=O) groups excluding carboxylic acids is 1. The summed E-state index contributed by atoms with van der Waals surface area (Å²) in [4.78, 5) is 11.3. The molecule has 3 rings (SSSR count). The van der Waals surface area contributed by atoms with Gasteiger partial charge in [0.25, 0.3) is 10.0 Å². The number of aryl methyl sites for hydroxylation is 1. The lowest BCUT2D eigenvalue weighted by molar-refractivity contribution is -0.137. The average Bonchev–Trinajstić information content (AvgIpc) is 2.76. The zero-order valence-electron chi connectivity index (χ0n) is 17.1. The fourth-order valence-corrected chi connectivity index (χ4v) is 4.50. The van der Waals surface area contributed by atoms with E-state index in [4.69, 9.17) is 0 Å². The lowest BCUT2D eigenvalue weighted by Crippen LogP contribution is -2.31. The zero-order valence-corrected chi connectivity index (χ0v) is 17.9. The average molecular weight is 459 g/mol. The van der Waals surface area contributed by atoms with E-state index in [1.807, 2.05) is 37.3 Å². The number of anilines is 1. The first kappa shape index (κ1) is 23.3. The van der Waals surface area contributed by atoms with Crippen molar-refractivity contribution in [2.45, 2.75) is 18.0 Å². The van der Waals surface area contributed by atoms with Gasteiger partial charge in [-0.05, 0) is 42.8 Å². The maximum atomic E-state index is 13.3. The van der Waals surface area contributed by atoms with E-state index in [1.165, 1.54) is 12.1 Å². The molecule has 0 spiro atoms. The third-order valence-corrected chi connectivity index (χ3v) is 6.55. The smallest absolute Gasteiger partial charge is 0.298 e. The Morgan fingerprint density at radius 3 is 2.19 bits per heavy atom. The maximum Gasteiger partial charge on any atom is 0.417 e. The van der Waals surface area contributed by atoms with Crippen LogP contribution in [0.3, 0.4) is 0 Å². The maximum absolute atomic E-state index is 13.3. The van der Waals surface area contributed by atoms with E-state index in [2.05, 4.69) is 0 Å². The van der Waals surface area contributed by atoms with Crippen LogP contribution in [0.15, 0.2) is 83.8 Å². The Kier molecular flexibility index (Phi) is 6.84. The first-order chi connectivity index (χ1) is 15.1. The third kappa shape index (κ3) is 5.26. The Labute approximate surface area is 184 Å². The molecular formula is C24H20F3NO3S. The summed E-state index contributed by atoms with van der Waals surface area (Å²) >= 11 is 0. The summed E-state index contributed by atoms with van der Waals surface area (Å²) in [7, 11) is -4.11. The van der Waals surface area contributed by atoms with E-state index in [0.29, 0.717) is 0 Å². The van der Waals surface area contributed by atoms with Crippen molar-refractivity contribution in [3.8, 4) is 0 Å². The van der Waals surface area contributed by atoms with Crippen molar-refractivity contribution in [3.05, 3.63) is 101 Å². The van der Waals surface area contributed by atoms with Gasteiger partial charge in [0.2, 0.25) is 0 Å². The quantitative estimate of drug-likeness (QED) is 0.424. The first-order valence-corrected chi connectivity index (χ1v) is 11.0. The lowest BCUT2D eigenvalue weighted by Gasteiger charge is -2.24. The zero-order chi connectivity index (χ0) is 23.4. The van der Waals surface area contributed by atoms with Crippen LogP contribution in [0.1, 0.15) is 27.0 Å². The van der Waals surface area contributed by atoms with Crippen LogP contribution < -0.4 is 4.31 Å². The molecule has 0 saturated heterocycles. The summed E-state index contributed by atoms with van der Waals surface area (Å²) in [6.07, 6.45) is -1.35. The fourth-order valence-electron chi connectivity index (χ4n) is 3.09. The highest BCUT2D eigenvalue weighted by Crippen LogP contribution is 2.34. The minimum atomic E-state index is -4.73. The molecule has 166 valence electrons. The number of hydrogen-bond acceptors (Lipinski definition) is 3. The topological polar surface area (TPSA) is 54.5 Å². The predicted octanol–water partition coefficient (Wildman–Crippen LogP) is 5.74. The number of alkyl halides is 3. The van der Waals surface area contributed by atoms with Crippen molar-refractivity contribution in [1.29, 1.82) is 0 Å². The van der Waals surface area contributed by atoms with Gasteiger partial charge in [0.15, 0.2) is 6.29 Å². The summed E-state index contributed by atoms with van der Waals surface area (Å²) in [6, 6.07) is 18.0. The van der Waals surface area contributed by atoms with Crippen molar-refractivity contribution in [2.75, 3.05) is 10.8 Å². The van der Waals surface area contributed by atoms with Gasteiger partial charge in [0.05, 0.1) is 22.7 Å². The van der Waals surface area contributed by atoms with Gasteiger partial charge in [-0.1, -0.05) is 60.2 Å². The second kappa shape index (κ2) is 9.40. The minimum Gasteiger partial charge on any atom is -0.298 e. The molecule has 0 aromatic heterocycles. The molecule has 0 heterocycles. The standard InChI is InChI=1S/C24H20F3NO3S/c1-18-9-12-22(13-10-18)32(30,31)28(15-5-8-19-6-3-2-4-7-19)21-11-14-23(24(25,26)27)20(16-21)17-29/h2-14,16-17H,15H2,1H3. The number of hydrogen-bond donors (Lipinski definition) is 0. The first-order valence-electron chi connectivity index (χ1n) is 9.60. The van der Waals surface area contributed by atoms with E-state index in [0.717, 1.165) is 33.6 Å². The molecule has 0 N–H and O–H groups in total. The Balaban J connectivity index is 2.07. The number of rotatable bonds is 7. The van der Waals surface area contributed by atoms with Gasteiger partial charge in [0, 0.05) is 5.56 Å². The van der Waals surface area contributed by atoms with Gasteiger partial charge in [-0.15, -0.1) is 0 Å². The molecule has 0 amide bonds. The molecule has 0 aliphatic heterocycles. The number of halogens is 3. The van der Waals surface area contributed by atoms with E-state index in [1.54, 1.807) is 24.3 Å². The van der Waals surface area contributed by atoms with Crippen LogP contribution >= 0.6 is 0 Å². The largest absolute Gasteiger partial charge is 0.417 e. The lowest BCUT2D eigenvalue weighted by atomic mass is 10.1. The van der Waals surface area contributed by atoms with Crippen molar-refractivity contribution in [2.24, 2.45) is 0 Å². The number of sulfonamides is 1. The van der Waals surface area contributed by atoms with E-state index >= 15 is 0 Å². The Morgan fingerprint density at radius 2 is 1.59 bits per heavy atom. The van der Waals surface area contributed by atoms with E-state index in [9.17, 15) is 26.4 Å². The molecule has 8 heteroatoms. The van der Waals surface area contributed by atoms with E-state index in [-0.39, 0.29) is 23.4 Å². The summed E-state index contributed by atoms with van der Waals surface area (Å²) in [5.74, 6) is 0. The van der Waals surface area contributed by atoms with Crippen LogP contribution in [0, 0.1) is 6.92 Å². The Bertz CT molecular complexity index is 1220. The summed E-state index contributed by atoms with van der Waals surface area (Å²) in [5, 5.41) is 0. The summed E-state index contributed by atoms with van der Waals surface area (Å²) < 4.78 is 67.3. The van der Waals surface area contributed by atoms with Crippen LogP contribution in [0.5, 0.6) is 0 Å². The normalized spacial score (nSPS) is 12.1. The van der Waals surface area contributed by atoms with Gasteiger partial charge in [-0.25, -0.2) is 8.42 Å². The molecule has 0 radical (unpaired) electrons. The Hall–Kier alpha value is -3.39. The van der Waals surface area contributed by atoms with Crippen molar-refractivity contribution in [3.63, 3.8) is 0 Å². The fraction of sp³-hybridized carbons (Fsp3) is 0.125. The van der Waals surface area contributed by atoms with Crippen LogP contribution in [0.4, 0.5) is 18.9 Å². The second-order valence-electron chi connectivity index (χ2n) is 7.05. The van der Waals surface area contributed by atoms with Gasteiger partial charge >= 0.3 is 6.18 Å². The molecule has 0 bridgehead atoms. The number of nitrogens with zero attached hydrogens (tertiary/aromatic N) is 1. The molecule has 0 saturated carbocycles. The van der Waals surface area contributed by atoms with Gasteiger partial charge in [-0.2, -0.15) is 13.2 Å². The van der Waals surface area contributed by atoms with Crippen molar-refractivity contribution >= 4 is 28.1 Å². The minimum absolute atomic E-state index is 0.0104. The molecule has 4 nitrogen and oxygen atoms in total. The number of aldehydes is 1. The molecule has 3 aromatic rings. The van der Waals surface area contributed by atoms with Crippen LogP contribution in [0.25, 0.3) is 6.08 Å². The molecule has 0 unspecified atom stereocenters. The van der Waals surface area contributed by atoms with Crippen LogP contribution in [-0.4, -0.2) is 21.2 Å². The van der Waals surface area contributed by atoms with Crippen LogP contribution in [-0.2, 0) is 16.2 Å². The van der Waals surface area contributed by atoms with E-state index < -0.39 is 27.3 Å². The third-order valence-electron chi connectivity index (χ3n) is 4.75. The van der Waals surface area contributed by atoms with Crippen LogP contribution in [0.2, 0.25) is 0 Å². The predicted molar refractivity (Wildman–Crippen MR) is 118 cm³/mol. The molecule has 0 fully saturated rings. The van der Waals surface area contributed by atoms with Crippen molar-refractivity contribution in [1.82, 2.24) is 0 Å². The van der Waals surface area contributed by atoms with Gasteiger partial charge in [-0.3, -0.25) is 9.10 Å². The second-order valence-corrected chi connectivity index (χ2v) is 8.91. The van der Waals surface area contributed by atoms with Crippen molar-refractivity contribution < 1.29 is 26.4 Å². The monoisotopic (exact) mass is 459 g/mol. The molecule has 3 aromatic carbocycles. The number of carbonyl (C=O) groups is 1. The molecule has 32 heavy (non-hydrogen) atoms. The number of benzene rings is 3. The summed E-state index contributed by atoms with van der Waals surface area (Å²) in [6.45, 7) is 1.66. The molecular weight excluding hydrogens is 439 g/mol. The highest BCUT2D eigenvalue weighted by atomic mass is 32.2. The summed E-state index contributed by atoms with van der Waals surface area (Å²) in [5.41, 5.74) is -0.105. The molecule has 0 aliphatic carbocycles. The highest BCUT2D eigenvalue weighted by Gasteiger charge is 2.34. The molecule has 0 aliphatic rings.